The second kappa shape index (κ2) is 9.56. The third-order valence-electron chi connectivity index (χ3n) is 6.45. The molecule has 0 aromatic heterocycles. The van der Waals surface area contributed by atoms with Crippen LogP contribution in [0.15, 0.2) is 0 Å². The molecule has 0 aromatic carbocycles. The highest BCUT2D eigenvalue weighted by Gasteiger charge is 2.25. The fraction of sp³-hybridized carbons (Fsp3) is 0.900. The van der Waals surface area contributed by atoms with E-state index in [4.69, 9.17) is 0 Å². The van der Waals surface area contributed by atoms with E-state index in [2.05, 4.69) is 5.32 Å². The molecule has 0 unspecified atom stereocenters. The summed E-state index contributed by atoms with van der Waals surface area (Å²) < 4.78 is 0. The van der Waals surface area contributed by atoms with E-state index in [-0.39, 0.29) is 5.91 Å². The number of nitrogens with one attached hydrogen (secondary N) is 1. The van der Waals surface area contributed by atoms with Gasteiger partial charge in [-0.2, -0.15) is 0 Å². The van der Waals surface area contributed by atoms with Gasteiger partial charge in [0.25, 0.3) is 0 Å². The molecule has 3 aliphatic rings. The fourth-order valence-electron chi connectivity index (χ4n) is 4.65. The van der Waals surface area contributed by atoms with Crippen LogP contribution in [0.3, 0.4) is 0 Å². The van der Waals surface area contributed by atoms with Crippen molar-refractivity contribution in [2.45, 2.75) is 64.2 Å². The molecule has 25 heavy (non-hydrogen) atoms. The molecule has 2 aliphatic heterocycles. The number of amides is 2. The zero-order chi connectivity index (χ0) is 17.5. The average molecular weight is 350 g/mol. The maximum absolute atomic E-state index is 12.4. The molecule has 0 bridgehead atoms. The Bertz CT molecular complexity index is 434. The zero-order valence-corrected chi connectivity index (χ0v) is 15.7. The van der Waals surface area contributed by atoms with E-state index >= 15 is 0 Å². The van der Waals surface area contributed by atoms with Crippen LogP contribution in [-0.2, 0) is 9.59 Å². The summed E-state index contributed by atoms with van der Waals surface area (Å²) in [6.07, 6.45) is 11.2. The third kappa shape index (κ3) is 5.70. The molecular formula is C20H35N3O2. The summed E-state index contributed by atoms with van der Waals surface area (Å²) in [6, 6.07) is 0. The lowest BCUT2D eigenvalue weighted by molar-refractivity contribution is -0.139. The predicted molar refractivity (Wildman–Crippen MR) is 99.2 cm³/mol. The van der Waals surface area contributed by atoms with Crippen molar-refractivity contribution in [3.05, 3.63) is 0 Å². The normalized spacial score (nSPS) is 23.2. The largest absolute Gasteiger partial charge is 0.339 e. The van der Waals surface area contributed by atoms with Gasteiger partial charge in [-0.1, -0.05) is 25.7 Å². The van der Waals surface area contributed by atoms with Crippen molar-refractivity contribution < 1.29 is 9.59 Å². The first kappa shape index (κ1) is 18.7. The van der Waals surface area contributed by atoms with Gasteiger partial charge in [0.15, 0.2) is 0 Å². The molecular weight excluding hydrogens is 314 g/mol. The fourth-order valence-corrected chi connectivity index (χ4v) is 4.65. The molecule has 1 N–H and O–H groups in total. The van der Waals surface area contributed by atoms with E-state index in [0.29, 0.717) is 24.7 Å². The minimum atomic E-state index is 0.289. The van der Waals surface area contributed by atoms with Crippen molar-refractivity contribution in [3.8, 4) is 0 Å². The summed E-state index contributed by atoms with van der Waals surface area (Å²) in [5.41, 5.74) is 0. The van der Waals surface area contributed by atoms with Crippen LogP contribution in [-0.4, -0.2) is 60.9 Å². The van der Waals surface area contributed by atoms with Crippen molar-refractivity contribution in [1.82, 2.24) is 15.1 Å². The van der Waals surface area contributed by atoms with Crippen molar-refractivity contribution in [2.75, 3.05) is 39.3 Å². The summed E-state index contributed by atoms with van der Waals surface area (Å²) in [5, 5.41) is 3.38. The van der Waals surface area contributed by atoms with Crippen LogP contribution in [0.25, 0.3) is 0 Å². The highest BCUT2D eigenvalue weighted by atomic mass is 16.2. The second-order valence-corrected chi connectivity index (χ2v) is 8.18. The first-order valence-corrected chi connectivity index (χ1v) is 10.5. The zero-order valence-electron chi connectivity index (χ0n) is 15.7. The van der Waals surface area contributed by atoms with Gasteiger partial charge in [0, 0.05) is 39.0 Å². The molecule has 2 heterocycles. The highest BCUT2D eigenvalue weighted by molar-refractivity contribution is 5.78. The van der Waals surface area contributed by atoms with Crippen LogP contribution in [0.2, 0.25) is 0 Å². The molecule has 0 spiro atoms. The number of nitrogens with zero attached hydrogens (tertiary/aromatic N) is 2. The SMILES string of the molecule is O=C(CCC1CCCC1)N1CCN(C(=O)CCC2CCNCC2)CC1. The maximum atomic E-state index is 12.4. The van der Waals surface area contributed by atoms with Gasteiger partial charge in [0.2, 0.25) is 11.8 Å². The van der Waals surface area contributed by atoms with E-state index in [9.17, 15) is 9.59 Å². The number of hydrogen-bond donors (Lipinski definition) is 1. The topological polar surface area (TPSA) is 52.7 Å². The van der Waals surface area contributed by atoms with Gasteiger partial charge in [0.05, 0.1) is 0 Å². The van der Waals surface area contributed by atoms with Crippen LogP contribution in [0.4, 0.5) is 0 Å². The first-order valence-electron chi connectivity index (χ1n) is 10.5. The minimum absolute atomic E-state index is 0.289. The van der Waals surface area contributed by atoms with Gasteiger partial charge in [-0.15, -0.1) is 0 Å². The smallest absolute Gasteiger partial charge is 0.222 e. The summed E-state index contributed by atoms with van der Waals surface area (Å²) in [5.74, 6) is 2.08. The standard InChI is InChI=1S/C20H35N3O2/c24-19(7-5-17-3-1-2-4-17)22-13-15-23(16-14-22)20(25)8-6-18-9-11-21-12-10-18/h17-18,21H,1-16H2. The number of piperazine rings is 1. The van der Waals surface area contributed by atoms with Gasteiger partial charge in [-0.25, -0.2) is 0 Å². The molecule has 2 saturated heterocycles. The highest BCUT2D eigenvalue weighted by Crippen LogP contribution is 2.28. The van der Waals surface area contributed by atoms with Gasteiger partial charge >= 0.3 is 0 Å². The second-order valence-electron chi connectivity index (χ2n) is 8.18. The van der Waals surface area contributed by atoms with E-state index in [1.54, 1.807) is 0 Å². The van der Waals surface area contributed by atoms with Crippen LogP contribution < -0.4 is 5.32 Å². The monoisotopic (exact) mass is 349 g/mol. The Morgan fingerprint density at radius 2 is 1.16 bits per heavy atom. The molecule has 0 atom stereocenters. The Hall–Kier alpha value is -1.10. The lowest BCUT2D eigenvalue weighted by atomic mass is 9.93. The molecule has 0 radical (unpaired) electrons. The lowest BCUT2D eigenvalue weighted by Crippen LogP contribution is -2.50. The quantitative estimate of drug-likeness (QED) is 0.801. The van der Waals surface area contributed by atoms with Crippen LogP contribution in [0.1, 0.15) is 64.2 Å². The van der Waals surface area contributed by atoms with E-state index in [0.717, 1.165) is 58.0 Å². The van der Waals surface area contributed by atoms with Gasteiger partial charge in [-0.3, -0.25) is 9.59 Å². The maximum Gasteiger partial charge on any atom is 0.222 e. The Labute approximate surface area is 152 Å². The number of rotatable bonds is 6. The molecule has 1 aliphatic carbocycles. The Balaban J connectivity index is 1.31. The van der Waals surface area contributed by atoms with Crippen molar-refractivity contribution in [1.29, 1.82) is 0 Å². The van der Waals surface area contributed by atoms with Gasteiger partial charge in [0.1, 0.15) is 0 Å². The number of hydrogen-bond acceptors (Lipinski definition) is 3. The summed E-state index contributed by atoms with van der Waals surface area (Å²) in [7, 11) is 0. The summed E-state index contributed by atoms with van der Waals surface area (Å²) in [6.45, 7) is 5.09. The molecule has 2 amide bonds. The van der Waals surface area contributed by atoms with Gasteiger partial charge in [-0.05, 0) is 50.6 Å². The molecule has 5 heteroatoms. The van der Waals surface area contributed by atoms with Crippen molar-refractivity contribution in [3.63, 3.8) is 0 Å². The Morgan fingerprint density at radius 1 is 0.720 bits per heavy atom. The molecule has 0 aromatic rings. The average Bonchev–Trinajstić information content (AvgIpc) is 3.19. The molecule has 1 saturated carbocycles. The number of carbonyl (C=O) groups excluding carboxylic acids is 2. The van der Waals surface area contributed by atoms with Crippen LogP contribution >= 0.6 is 0 Å². The first-order chi connectivity index (χ1) is 12.2. The summed E-state index contributed by atoms with van der Waals surface area (Å²) >= 11 is 0. The van der Waals surface area contributed by atoms with E-state index in [1.165, 1.54) is 38.5 Å². The predicted octanol–water partition coefficient (Wildman–Crippen LogP) is 2.41. The Kier molecular flexibility index (Phi) is 7.14. The van der Waals surface area contributed by atoms with Gasteiger partial charge < -0.3 is 15.1 Å². The van der Waals surface area contributed by atoms with Crippen LogP contribution in [0, 0.1) is 11.8 Å². The van der Waals surface area contributed by atoms with Crippen molar-refractivity contribution in [2.24, 2.45) is 11.8 Å². The van der Waals surface area contributed by atoms with Crippen molar-refractivity contribution >= 4 is 11.8 Å². The van der Waals surface area contributed by atoms with E-state index in [1.807, 2.05) is 9.80 Å². The number of carbonyl (C=O) groups is 2. The lowest BCUT2D eigenvalue weighted by Gasteiger charge is -2.35. The molecule has 3 fully saturated rings. The molecule has 5 nitrogen and oxygen atoms in total. The molecule has 3 rings (SSSR count). The third-order valence-corrected chi connectivity index (χ3v) is 6.45. The minimum Gasteiger partial charge on any atom is -0.339 e. The number of piperidine rings is 1. The van der Waals surface area contributed by atoms with Crippen LogP contribution in [0.5, 0.6) is 0 Å². The Morgan fingerprint density at radius 3 is 1.64 bits per heavy atom. The molecule has 142 valence electrons. The summed E-state index contributed by atoms with van der Waals surface area (Å²) in [4.78, 5) is 28.8. The van der Waals surface area contributed by atoms with E-state index < -0.39 is 0 Å².